The van der Waals surface area contributed by atoms with Crippen molar-refractivity contribution >= 4 is 47.1 Å². The van der Waals surface area contributed by atoms with Gasteiger partial charge in [0.05, 0.1) is 0 Å². The van der Waals surface area contributed by atoms with Crippen LogP contribution in [0.1, 0.15) is 48.9 Å². The quantitative estimate of drug-likeness (QED) is 0.161. The molecule has 0 spiro atoms. The van der Waals surface area contributed by atoms with Gasteiger partial charge < -0.3 is 0 Å². The summed E-state index contributed by atoms with van der Waals surface area (Å²) < 4.78 is 2.57. The first kappa shape index (κ1) is 31.7. The van der Waals surface area contributed by atoms with Gasteiger partial charge in [0, 0.05) is 0 Å². The Hall–Kier alpha value is -2.74. The van der Waals surface area contributed by atoms with Crippen molar-refractivity contribution in [3.63, 3.8) is 0 Å². The minimum Gasteiger partial charge on any atom is -0.147 e. The van der Waals surface area contributed by atoms with Crippen LogP contribution >= 0.6 is 24.8 Å². The summed E-state index contributed by atoms with van der Waals surface area (Å²) in [6.07, 6.45) is 5.04. The average molecular weight is 696 g/mol. The first-order valence-corrected chi connectivity index (χ1v) is 24.6. The number of aryl methyl sites for hydroxylation is 1. The zero-order chi connectivity index (χ0) is 28.1. The van der Waals surface area contributed by atoms with Gasteiger partial charge in [-0.1, -0.05) is 0 Å². The zero-order valence-electron chi connectivity index (χ0n) is 24.9. The van der Waals surface area contributed by atoms with E-state index < -0.39 is 18.9 Å². The summed E-state index contributed by atoms with van der Waals surface area (Å²) >= 11 is -3.35. The maximum atomic E-state index is 2.52. The normalized spacial score (nSPS) is 17.8. The second-order valence-corrected chi connectivity index (χ2v) is 28.2. The van der Waals surface area contributed by atoms with Crippen LogP contribution in [0.3, 0.4) is 0 Å². The van der Waals surface area contributed by atoms with Crippen molar-refractivity contribution in [2.75, 3.05) is 0 Å². The molecule has 0 N–H and O–H groups in total. The topological polar surface area (TPSA) is 0 Å². The van der Waals surface area contributed by atoms with Gasteiger partial charge >= 0.3 is 252 Å². The van der Waals surface area contributed by atoms with Crippen LogP contribution in [-0.2, 0) is 18.9 Å². The van der Waals surface area contributed by atoms with Gasteiger partial charge in [0.1, 0.15) is 0 Å². The third kappa shape index (κ3) is 5.32. The summed E-state index contributed by atoms with van der Waals surface area (Å²) in [6, 6.07) is 45.6. The summed E-state index contributed by atoms with van der Waals surface area (Å²) in [5.74, 6) is 0. The minimum atomic E-state index is -3.35. The molecule has 0 radical (unpaired) electrons. The van der Waals surface area contributed by atoms with Crippen LogP contribution in [-0.4, -0.2) is 6.88 Å². The van der Waals surface area contributed by atoms with Crippen LogP contribution in [0.15, 0.2) is 132 Å². The summed E-state index contributed by atoms with van der Waals surface area (Å²) in [4.78, 5) is 0. The number of hydrogen-bond acceptors (Lipinski definition) is 0. The molecular weight excluding hydrogens is 659 g/mol. The minimum absolute atomic E-state index is 0. The number of allylic oxidation sites excluding steroid dienone is 2. The van der Waals surface area contributed by atoms with Crippen LogP contribution in [0, 0.1) is 6.92 Å². The van der Waals surface area contributed by atoms with Gasteiger partial charge in [-0.05, 0) is 0 Å². The van der Waals surface area contributed by atoms with E-state index in [4.69, 9.17) is 0 Å². The molecule has 2 aliphatic rings. The van der Waals surface area contributed by atoms with E-state index in [0.717, 1.165) is 0 Å². The predicted octanol–water partition coefficient (Wildman–Crippen LogP) is 9.82. The third-order valence-corrected chi connectivity index (χ3v) is 28.9. The molecule has 0 bridgehead atoms. The molecule has 5 aromatic rings. The van der Waals surface area contributed by atoms with Crippen LogP contribution in [0.4, 0.5) is 0 Å². The number of fused-ring (bicyclic) bond motifs is 2. The smallest absolute Gasteiger partial charge is 0.147 e. The zero-order valence-corrected chi connectivity index (χ0v) is 30.4. The van der Waals surface area contributed by atoms with E-state index in [1.807, 2.05) is 0 Å². The molecule has 0 heterocycles. The summed E-state index contributed by atoms with van der Waals surface area (Å²) in [6.45, 7) is 9.45. The Morgan fingerprint density at radius 1 is 0.488 bits per heavy atom. The van der Waals surface area contributed by atoms with Gasteiger partial charge in [0.15, 0.2) is 0 Å². The van der Waals surface area contributed by atoms with Crippen molar-refractivity contribution in [2.24, 2.45) is 0 Å². The molecule has 5 aromatic carbocycles. The fourth-order valence-electron chi connectivity index (χ4n) is 7.57. The van der Waals surface area contributed by atoms with Crippen molar-refractivity contribution < 1.29 is 18.9 Å². The molecule has 0 aromatic heterocycles. The van der Waals surface area contributed by atoms with Crippen molar-refractivity contribution in [3.05, 3.63) is 160 Å². The Morgan fingerprint density at radius 2 is 0.907 bits per heavy atom. The SMILES string of the molecule is CC1=Cc2c(-c3ccccc3)cccc2[CH]1[Zr](=[SiH2])([c]1ccc(C)cc1)[CH]1C(C)=Cc2c(-c3ccccc3)cccc21.Cl.Cl. The third-order valence-electron chi connectivity index (χ3n) is 9.35. The molecule has 4 heteroatoms. The standard InChI is InChI=1S/2C16H13.C7H7.2ClH.H2Si.Zr/c2*1-12-10-14-8-5-9-15(16(14)11-12)13-6-3-2-4-7-13;1-7-5-3-2-4-6-7;;;;/h2*2-11H,1H3;3-6H,1H3;2*1H;1H2;. The van der Waals surface area contributed by atoms with E-state index in [1.54, 1.807) is 3.27 Å². The van der Waals surface area contributed by atoms with Gasteiger partial charge in [-0.15, -0.1) is 24.8 Å². The van der Waals surface area contributed by atoms with Gasteiger partial charge in [-0.3, -0.25) is 0 Å². The average Bonchev–Trinajstić information content (AvgIpc) is 3.53. The molecule has 2 aliphatic carbocycles. The van der Waals surface area contributed by atoms with E-state index in [1.165, 1.54) is 61.2 Å². The van der Waals surface area contributed by atoms with E-state index in [0.29, 0.717) is 7.25 Å². The van der Waals surface area contributed by atoms with Gasteiger partial charge in [0.25, 0.3) is 0 Å². The van der Waals surface area contributed by atoms with Crippen LogP contribution in [0.5, 0.6) is 0 Å². The molecule has 0 aliphatic heterocycles. The summed E-state index contributed by atoms with van der Waals surface area (Å²) in [5.41, 5.74) is 15.7. The number of hydrogen-bond donors (Lipinski definition) is 0. The van der Waals surface area contributed by atoms with Crippen LogP contribution < -0.4 is 3.27 Å². The predicted molar refractivity (Wildman–Crippen MR) is 190 cm³/mol. The van der Waals surface area contributed by atoms with Gasteiger partial charge in [0.2, 0.25) is 0 Å². The molecule has 2 unspecified atom stereocenters. The first-order chi connectivity index (χ1) is 20.0. The van der Waals surface area contributed by atoms with E-state index in [-0.39, 0.29) is 24.8 Å². The van der Waals surface area contributed by atoms with Gasteiger partial charge in [-0.2, -0.15) is 0 Å². The molecule has 0 nitrogen and oxygen atoms in total. The molecule has 215 valence electrons. The molecule has 2 atom stereocenters. The molecule has 43 heavy (non-hydrogen) atoms. The fraction of sp³-hybridized carbons (Fsp3) is 0.128. The summed E-state index contributed by atoms with van der Waals surface area (Å²) in [7, 11) is 0. The number of halogens is 2. The van der Waals surface area contributed by atoms with E-state index in [2.05, 4.69) is 161 Å². The van der Waals surface area contributed by atoms with Gasteiger partial charge in [-0.25, -0.2) is 0 Å². The Balaban J connectivity index is 0.00000184. The molecule has 0 fully saturated rings. The Bertz CT molecular complexity index is 1770. The Morgan fingerprint density at radius 3 is 1.33 bits per heavy atom. The van der Waals surface area contributed by atoms with Crippen molar-refractivity contribution in [3.8, 4) is 22.3 Å². The molecule has 0 amide bonds. The van der Waals surface area contributed by atoms with Crippen molar-refractivity contribution in [2.45, 2.75) is 28.0 Å². The maximum Gasteiger partial charge on any atom is -0.147 e. The fourth-order valence-corrected chi connectivity index (χ4v) is 28.1. The number of rotatable bonds is 5. The first-order valence-electron chi connectivity index (χ1n) is 14.6. The van der Waals surface area contributed by atoms with Crippen LogP contribution in [0.25, 0.3) is 34.4 Å². The monoisotopic (exact) mass is 693 g/mol. The molecule has 0 saturated carbocycles. The molecule has 0 saturated heterocycles. The Labute approximate surface area is 274 Å². The second kappa shape index (κ2) is 12.7. The Kier molecular flexibility index (Phi) is 9.36. The maximum absolute atomic E-state index is 3.35. The van der Waals surface area contributed by atoms with Crippen molar-refractivity contribution in [1.82, 2.24) is 0 Å². The molecular formula is C39H37Cl2SiZr. The van der Waals surface area contributed by atoms with E-state index >= 15 is 0 Å². The number of benzene rings is 5. The van der Waals surface area contributed by atoms with Crippen molar-refractivity contribution in [1.29, 1.82) is 0 Å². The molecule has 7 rings (SSSR count). The van der Waals surface area contributed by atoms with Crippen LogP contribution in [0.2, 0.25) is 0 Å². The summed E-state index contributed by atoms with van der Waals surface area (Å²) in [5, 5.41) is 0. The van der Waals surface area contributed by atoms with E-state index in [9.17, 15) is 0 Å². The second-order valence-electron chi connectivity index (χ2n) is 11.9. The largest absolute Gasteiger partial charge is 0.147 e.